The Morgan fingerprint density at radius 1 is 1.14 bits per heavy atom. The molecule has 0 aromatic carbocycles. The van der Waals surface area contributed by atoms with Crippen LogP contribution in [0.25, 0.3) is 0 Å². The third-order valence-electron chi connectivity index (χ3n) is 5.91. The summed E-state index contributed by atoms with van der Waals surface area (Å²) in [7, 11) is 1.78. The van der Waals surface area contributed by atoms with Crippen LogP contribution >= 0.6 is 24.0 Å². The molecule has 2 N–H and O–H groups in total. The maximum Gasteiger partial charge on any atom is 0.191 e. The van der Waals surface area contributed by atoms with Gasteiger partial charge in [0.15, 0.2) is 5.96 Å². The number of methoxy groups -OCH3 is 1. The highest BCUT2D eigenvalue weighted by atomic mass is 127. The van der Waals surface area contributed by atoms with Crippen LogP contribution < -0.4 is 10.6 Å². The van der Waals surface area contributed by atoms with Gasteiger partial charge in [-0.25, -0.2) is 0 Å². The molecule has 0 spiro atoms. The zero-order valence-electron chi connectivity index (χ0n) is 17.9. The van der Waals surface area contributed by atoms with E-state index in [4.69, 9.17) is 14.1 Å². The van der Waals surface area contributed by atoms with E-state index in [9.17, 15) is 0 Å². The van der Waals surface area contributed by atoms with Gasteiger partial charge in [-0.15, -0.1) is 24.0 Å². The summed E-state index contributed by atoms with van der Waals surface area (Å²) >= 11 is 0. The molecule has 0 bridgehead atoms. The first-order valence-corrected chi connectivity index (χ1v) is 11.1. The molecule has 3 rings (SSSR count). The first-order chi connectivity index (χ1) is 13.8. The summed E-state index contributed by atoms with van der Waals surface area (Å²) in [5, 5.41) is 7.44. The van der Waals surface area contributed by atoms with Gasteiger partial charge in [0.1, 0.15) is 5.76 Å². The van der Waals surface area contributed by atoms with Gasteiger partial charge in [0.05, 0.1) is 6.26 Å². The molecule has 6 nitrogen and oxygen atoms in total. The number of nitrogens with zero attached hydrogens (tertiary/aromatic N) is 2. The van der Waals surface area contributed by atoms with Crippen LogP contribution in [0.4, 0.5) is 0 Å². The Kier molecular flexibility index (Phi) is 12.0. The number of aliphatic imine (C=N–C) groups is 1. The lowest BCUT2D eigenvalue weighted by Gasteiger charge is -2.34. The van der Waals surface area contributed by atoms with Gasteiger partial charge in [-0.3, -0.25) is 4.99 Å². The quantitative estimate of drug-likeness (QED) is 0.225. The first kappa shape index (κ1) is 24.5. The zero-order valence-corrected chi connectivity index (χ0v) is 20.2. The first-order valence-electron chi connectivity index (χ1n) is 11.1. The lowest BCUT2D eigenvalue weighted by atomic mass is 9.95. The molecule has 2 aliphatic rings. The Labute approximate surface area is 193 Å². The van der Waals surface area contributed by atoms with Gasteiger partial charge in [-0.1, -0.05) is 19.3 Å². The summed E-state index contributed by atoms with van der Waals surface area (Å²) in [5.74, 6) is 2.00. The fraction of sp³-hybridized carbons (Fsp3) is 0.773. The summed E-state index contributed by atoms with van der Waals surface area (Å²) in [6.07, 6.45) is 12.6. The average molecular weight is 518 g/mol. The molecule has 166 valence electrons. The molecular formula is C22H39IN4O2. The number of likely N-dealkylation sites (tertiary alicyclic amines) is 1. The second-order valence-corrected chi connectivity index (χ2v) is 8.15. The minimum atomic E-state index is 0. The van der Waals surface area contributed by atoms with Crippen molar-refractivity contribution in [3.63, 3.8) is 0 Å². The largest absolute Gasteiger partial charge is 0.469 e. The molecule has 7 heteroatoms. The molecule has 29 heavy (non-hydrogen) atoms. The van der Waals surface area contributed by atoms with Crippen molar-refractivity contribution in [2.45, 2.75) is 69.9 Å². The number of rotatable bonds is 9. The summed E-state index contributed by atoms with van der Waals surface area (Å²) in [6, 6.07) is 5.05. The molecule has 1 aliphatic heterocycles. The topological polar surface area (TPSA) is 62.0 Å². The fourth-order valence-electron chi connectivity index (χ4n) is 4.23. The Bertz CT molecular complexity index is 553. The molecule has 1 saturated heterocycles. The molecule has 0 radical (unpaired) electrons. The summed E-state index contributed by atoms with van der Waals surface area (Å²) < 4.78 is 10.6. The van der Waals surface area contributed by atoms with Crippen molar-refractivity contribution in [1.82, 2.24) is 15.5 Å². The van der Waals surface area contributed by atoms with Gasteiger partial charge in [-0.05, 0) is 44.2 Å². The SMILES string of the molecule is COCCCN1CCC(NC(=NCCc2ccco2)NC2CCCCC2)CC1.I. The minimum absolute atomic E-state index is 0. The maximum absolute atomic E-state index is 5.44. The van der Waals surface area contributed by atoms with Crippen LogP contribution in [-0.4, -0.2) is 62.8 Å². The second kappa shape index (κ2) is 14.2. The monoisotopic (exact) mass is 518 g/mol. The van der Waals surface area contributed by atoms with E-state index in [0.29, 0.717) is 12.1 Å². The lowest BCUT2D eigenvalue weighted by molar-refractivity contribution is 0.155. The van der Waals surface area contributed by atoms with Crippen LogP contribution in [0, 0.1) is 0 Å². The van der Waals surface area contributed by atoms with Crippen LogP contribution in [0.15, 0.2) is 27.8 Å². The fourth-order valence-corrected chi connectivity index (χ4v) is 4.23. The Morgan fingerprint density at radius 3 is 2.52 bits per heavy atom. The maximum atomic E-state index is 5.44. The highest BCUT2D eigenvalue weighted by Crippen LogP contribution is 2.17. The van der Waals surface area contributed by atoms with Crippen LogP contribution in [-0.2, 0) is 11.2 Å². The van der Waals surface area contributed by atoms with Crippen molar-refractivity contribution in [3.8, 4) is 0 Å². The van der Waals surface area contributed by atoms with E-state index in [2.05, 4.69) is 15.5 Å². The molecule has 0 atom stereocenters. The summed E-state index contributed by atoms with van der Waals surface area (Å²) in [6.45, 7) is 5.07. The van der Waals surface area contributed by atoms with E-state index < -0.39 is 0 Å². The lowest BCUT2D eigenvalue weighted by Crippen LogP contribution is -2.51. The highest BCUT2D eigenvalue weighted by Gasteiger charge is 2.21. The number of guanidine groups is 1. The second-order valence-electron chi connectivity index (χ2n) is 8.15. The van der Waals surface area contributed by atoms with Crippen molar-refractivity contribution in [1.29, 1.82) is 0 Å². The van der Waals surface area contributed by atoms with Crippen molar-refractivity contribution in [3.05, 3.63) is 24.2 Å². The van der Waals surface area contributed by atoms with E-state index in [1.54, 1.807) is 13.4 Å². The predicted molar refractivity (Wildman–Crippen MR) is 129 cm³/mol. The minimum Gasteiger partial charge on any atom is -0.469 e. The van der Waals surface area contributed by atoms with Crippen molar-refractivity contribution < 1.29 is 9.15 Å². The van der Waals surface area contributed by atoms with Crippen LogP contribution in [0.1, 0.15) is 57.1 Å². The smallest absolute Gasteiger partial charge is 0.191 e. The van der Waals surface area contributed by atoms with E-state index in [1.807, 2.05) is 12.1 Å². The number of furan rings is 1. The Morgan fingerprint density at radius 2 is 1.86 bits per heavy atom. The van der Waals surface area contributed by atoms with E-state index >= 15 is 0 Å². The molecule has 1 aromatic rings. The van der Waals surface area contributed by atoms with Gasteiger partial charge in [0.2, 0.25) is 0 Å². The van der Waals surface area contributed by atoms with Crippen molar-refractivity contribution in [2.24, 2.45) is 4.99 Å². The molecule has 0 amide bonds. The van der Waals surface area contributed by atoms with Gasteiger partial charge >= 0.3 is 0 Å². The number of halogens is 1. The normalized spacial score (nSPS) is 19.7. The van der Waals surface area contributed by atoms with Crippen LogP contribution in [0.3, 0.4) is 0 Å². The molecule has 1 aromatic heterocycles. The van der Waals surface area contributed by atoms with E-state index in [1.165, 1.54) is 44.9 Å². The van der Waals surface area contributed by atoms with E-state index in [-0.39, 0.29) is 24.0 Å². The number of hydrogen-bond donors (Lipinski definition) is 2. The number of nitrogens with one attached hydrogen (secondary N) is 2. The number of piperidine rings is 1. The van der Waals surface area contributed by atoms with Gasteiger partial charge in [-0.2, -0.15) is 0 Å². The molecule has 2 fully saturated rings. The van der Waals surface area contributed by atoms with Crippen LogP contribution in [0.2, 0.25) is 0 Å². The van der Waals surface area contributed by atoms with Crippen LogP contribution in [0.5, 0.6) is 0 Å². The Hall–Kier alpha value is -0.800. The highest BCUT2D eigenvalue weighted by molar-refractivity contribution is 14.0. The number of hydrogen-bond acceptors (Lipinski definition) is 4. The van der Waals surface area contributed by atoms with Gasteiger partial charge in [0, 0.05) is 58.4 Å². The van der Waals surface area contributed by atoms with Gasteiger partial charge < -0.3 is 24.7 Å². The third kappa shape index (κ3) is 9.26. The Balaban J connectivity index is 0.00000300. The summed E-state index contributed by atoms with van der Waals surface area (Å²) in [5.41, 5.74) is 0. The molecule has 0 unspecified atom stereocenters. The molecule has 1 saturated carbocycles. The molecule has 2 heterocycles. The average Bonchev–Trinajstić information content (AvgIpc) is 3.24. The van der Waals surface area contributed by atoms with Gasteiger partial charge in [0.25, 0.3) is 0 Å². The summed E-state index contributed by atoms with van der Waals surface area (Å²) in [4.78, 5) is 7.43. The van der Waals surface area contributed by atoms with Crippen molar-refractivity contribution >= 4 is 29.9 Å². The number of ether oxygens (including phenoxy) is 1. The predicted octanol–water partition coefficient (Wildman–Crippen LogP) is 3.81. The third-order valence-corrected chi connectivity index (χ3v) is 5.91. The standard InChI is InChI=1S/C22H38N4O2.HI/c1-27-17-6-14-26-15-11-20(12-16-26)25-22(24-19-7-3-2-4-8-19)23-13-10-21-9-5-18-28-21;/h5,9,18-20H,2-4,6-8,10-17H2,1H3,(H2,23,24,25);1H. The van der Waals surface area contributed by atoms with Crippen molar-refractivity contribution in [2.75, 3.05) is 39.9 Å². The van der Waals surface area contributed by atoms with E-state index in [0.717, 1.165) is 57.3 Å². The zero-order chi connectivity index (χ0) is 19.4. The molecule has 1 aliphatic carbocycles. The molecular weight excluding hydrogens is 479 g/mol.